The summed E-state index contributed by atoms with van der Waals surface area (Å²) in [6.45, 7) is 7.10. The van der Waals surface area contributed by atoms with Crippen molar-refractivity contribution in [2.24, 2.45) is 0 Å². The number of carbonyl (C=O) groups excluding carboxylic acids is 2. The van der Waals surface area contributed by atoms with E-state index in [0.717, 1.165) is 54.3 Å². The number of aromatic nitrogens is 1. The molecule has 1 aliphatic rings. The Labute approximate surface area is 160 Å². The Bertz CT molecular complexity index is 858. The van der Waals surface area contributed by atoms with Crippen molar-refractivity contribution in [1.29, 1.82) is 0 Å². The van der Waals surface area contributed by atoms with Crippen LogP contribution in [-0.4, -0.2) is 29.9 Å². The van der Waals surface area contributed by atoms with E-state index < -0.39 is 0 Å². The lowest BCUT2D eigenvalue weighted by atomic mass is 9.74. The van der Waals surface area contributed by atoms with Crippen molar-refractivity contribution < 1.29 is 9.59 Å². The van der Waals surface area contributed by atoms with Crippen LogP contribution in [0.25, 0.3) is 10.9 Å². The fourth-order valence-corrected chi connectivity index (χ4v) is 3.86. The maximum absolute atomic E-state index is 13.1. The van der Waals surface area contributed by atoms with Gasteiger partial charge in [0.25, 0.3) is 5.91 Å². The van der Waals surface area contributed by atoms with Crippen LogP contribution in [0, 0.1) is 0 Å². The molecule has 1 aromatic carbocycles. The van der Waals surface area contributed by atoms with Gasteiger partial charge in [-0.05, 0) is 37.3 Å². The van der Waals surface area contributed by atoms with E-state index >= 15 is 0 Å². The van der Waals surface area contributed by atoms with E-state index in [1.54, 1.807) is 0 Å². The molecule has 0 atom stereocenters. The summed E-state index contributed by atoms with van der Waals surface area (Å²) in [7, 11) is 0. The highest BCUT2D eigenvalue weighted by Crippen LogP contribution is 2.39. The van der Waals surface area contributed by atoms with Gasteiger partial charge in [-0.2, -0.15) is 0 Å². The SMILES string of the molecule is CCCCNC(=O)CNC(=O)c1c2c(nc3ccccc13)C(C)(C)CCC2. The molecule has 0 aliphatic heterocycles. The predicted molar refractivity (Wildman–Crippen MR) is 108 cm³/mol. The van der Waals surface area contributed by atoms with Crippen molar-refractivity contribution in [3.8, 4) is 0 Å². The second kappa shape index (κ2) is 8.07. The number of amides is 2. The molecule has 2 amide bonds. The Kier molecular flexibility index (Phi) is 5.78. The van der Waals surface area contributed by atoms with Gasteiger partial charge < -0.3 is 10.6 Å². The van der Waals surface area contributed by atoms with Crippen molar-refractivity contribution in [3.63, 3.8) is 0 Å². The maximum Gasteiger partial charge on any atom is 0.252 e. The number of rotatable bonds is 6. The number of carbonyl (C=O) groups is 2. The lowest BCUT2D eigenvalue weighted by Gasteiger charge is -2.33. The average Bonchev–Trinajstić information content (AvgIpc) is 2.65. The van der Waals surface area contributed by atoms with E-state index in [4.69, 9.17) is 4.98 Å². The van der Waals surface area contributed by atoms with Crippen LogP contribution < -0.4 is 10.6 Å². The molecular formula is C22H29N3O2. The molecule has 0 spiro atoms. The molecule has 144 valence electrons. The lowest BCUT2D eigenvalue weighted by Crippen LogP contribution is -2.38. The molecule has 0 saturated heterocycles. The van der Waals surface area contributed by atoms with Crippen LogP contribution in [0.5, 0.6) is 0 Å². The van der Waals surface area contributed by atoms with Gasteiger partial charge in [0.2, 0.25) is 5.91 Å². The number of nitrogens with one attached hydrogen (secondary N) is 2. The summed E-state index contributed by atoms with van der Waals surface area (Å²) in [6.07, 6.45) is 4.92. The van der Waals surface area contributed by atoms with Crippen LogP contribution in [-0.2, 0) is 16.6 Å². The highest BCUT2D eigenvalue weighted by Gasteiger charge is 2.33. The molecule has 5 nitrogen and oxygen atoms in total. The monoisotopic (exact) mass is 367 g/mol. The Morgan fingerprint density at radius 3 is 2.74 bits per heavy atom. The molecule has 1 heterocycles. The molecule has 1 aromatic heterocycles. The standard InChI is InChI=1S/C22H29N3O2/c1-4-5-13-23-18(26)14-24-21(27)19-15-9-6-7-11-17(15)25-20-16(19)10-8-12-22(20,2)3/h6-7,9,11H,4-5,8,10,12-14H2,1-3H3,(H,23,26)(H,24,27). The second-order valence-electron chi connectivity index (χ2n) is 7.95. The molecule has 3 rings (SSSR count). The number of nitrogens with zero attached hydrogens (tertiary/aromatic N) is 1. The van der Waals surface area contributed by atoms with Gasteiger partial charge in [-0.15, -0.1) is 0 Å². The summed E-state index contributed by atoms with van der Waals surface area (Å²) >= 11 is 0. The lowest BCUT2D eigenvalue weighted by molar-refractivity contribution is -0.120. The first-order valence-corrected chi connectivity index (χ1v) is 9.91. The minimum absolute atomic E-state index is 0.00262. The third-order valence-electron chi connectivity index (χ3n) is 5.35. The smallest absolute Gasteiger partial charge is 0.252 e. The van der Waals surface area contributed by atoms with Crippen LogP contribution in [0.15, 0.2) is 24.3 Å². The fraction of sp³-hybridized carbons (Fsp3) is 0.500. The number of benzene rings is 1. The Hall–Kier alpha value is -2.43. The molecule has 0 unspecified atom stereocenters. The molecule has 0 fully saturated rings. The van der Waals surface area contributed by atoms with Crippen molar-refractivity contribution in [1.82, 2.24) is 15.6 Å². The topological polar surface area (TPSA) is 71.1 Å². The molecule has 0 radical (unpaired) electrons. The maximum atomic E-state index is 13.1. The summed E-state index contributed by atoms with van der Waals surface area (Å²) in [5.74, 6) is -0.336. The van der Waals surface area contributed by atoms with Crippen molar-refractivity contribution in [2.45, 2.75) is 58.3 Å². The fourth-order valence-electron chi connectivity index (χ4n) is 3.86. The summed E-state index contributed by atoms with van der Waals surface area (Å²) < 4.78 is 0. The highest BCUT2D eigenvalue weighted by atomic mass is 16.2. The first-order chi connectivity index (χ1) is 12.9. The van der Waals surface area contributed by atoms with E-state index in [-0.39, 0.29) is 23.8 Å². The van der Waals surface area contributed by atoms with Gasteiger partial charge in [0, 0.05) is 17.3 Å². The van der Waals surface area contributed by atoms with E-state index in [9.17, 15) is 9.59 Å². The molecule has 0 saturated carbocycles. The number of fused-ring (bicyclic) bond motifs is 2. The van der Waals surface area contributed by atoms with Gasteiger partial charge in [0.15, 0.2) is 0 Å². The van der Waals surface area contributed by atoms with Gasteiger partial charge in [-0.1, -0.05) is 45.4 Å². The zero-order valence-electron chi connectivity index (χ0n) is 16.5. The summed E-state index contributed by atoms with van der Waals surface area (Å²) in [4.78, 5) is 29.9. The third kappa shape index (κ3) is 4.12. The van der Waals surface area contributed by atoms with E-state index in [1.165, 1.54) is 0 Å². The molecule has 5 heteroatoms. The first-order valence-electron chi connectivity index (χ1n) is 9.91. The Morgan fingerprint density at radius 2 is 1.96 bits per heavy atom. The Balaban J connectivity index is 1.91. The average molecular weight is 367 g/mol. The van der Waals surface area contributed by atoms with Gasteiger partial charge in [0.05, 0.1) is 23.3 Å². The zero-order chi connectivity index (χ0) is 19.4. The zero-order valence-corrected chi connectivity index (χ0v) is 16.5. The number of hydrogen-bond donors (Lipinski definition) is 2. The number of hydrogen-bond acceptors (Lipinski definition) is 3. The number of unbranched alkanes of at least 4 members (excludes halogenated alkanes) is 1. The van der Waals surface area contributed by atoms with Gasteiger partial charge in [-0.25, -0.2) is 0 Å². The summed E-state index contributed by atoms with van der Waals surface area (Å²) in [5.41, 5.74) is 3.52. The third-order valence-corrected chi connectivity index (χ3v) is 5.35. The molecule has 2 N–H and O–H groups in total. The van der Waals surface area contributed by atoms with E-state index in [2.05, 4.69) is 31.4 Å². The van der Waals surface area contributed by atoms with Crippen LogP contribution in [0.1, 0.15) is 68.1 Å². The normalized spacial score (nSPS) is 15.2. The summed E-state index contributed by atoms with van der Waals surface area (Å²) in [6, 6.07) is 7.77. The molecule has 2 aromatic rings. The van der Waals surface area contributed by atoms with Crippen LogP contribution >= 0.6 is 0 Å². The second-order valence-corrected chi connectivity index (χ2v) is 7.95. The van der Waals surface area contributed by atoms with Crippen LogP contribution in [0.4, 0.5) is 0 Å². The largest absolute Gasteiger partial charge is 0.355 e. The number of pyridine rings is 1. The van der Waals surface area contributed by atoms with Crippen molar-refractivity contribution in [3.05, 3.63) is 41.1 Å². The quantitative estimate of drug-likeness (QED) is 0.768. The van der Waals surface area contributed by atoms with Gasteiger partial charge >= 0.3 is 0 Å². The summed E-state index contributed by atoms with van der Waals surface area (Å²) in [5, 5.41) is 6.51. The van der Waals surface area contributed by atoms with Crippen LogP contribution in [0.3, 0.4) is 0 Å². The van der Waals surface area contributed by atoms with Crippen molar-refractivity contribution in [2.75, 3.05) is 13.1 Å². The first kappa shape index (κ1) is 19.3. The molecule has 0 bridgehead atoms. The van der Waals surface area contributed by atoms with Crippen LogP contribution in [0.2, 0.25) is 0 Å². The van der Waals surface area contributed by atoms with E-state index in [1.807, 2.05) is 24.3 Å². The predicted octanol–water partition coefficient (Wildman–Crippen LogP) is 3.49. The van der Waals surface area contributed by atoms with Gasteiger partial charge in [-0.3, -0.25) is 14.6 Å². The van der Waals surface area contributed by atoms with Crippen molar-refractivity contribution >= 4 is 22.7 Å². The van der Waals surface area contributed by atoms with E-state index in [0.29, 0.717) is 12.1 Å². The highest BCUT2D eigenvalue weighted by molar-refractivity contribution is 6.08. The Morgan fingerprint density at radius 1 is 1.19 bits per heavy atom. The molecule has 27 heavy (non-hydrogen) atoms. The minimum Gasteiger partial charge on any atom is -0.355 e. The van der Waals surface area contributed by atoms with Gasteiger partial charge in [0.1, 0.15) is 0 Å². The minimum atomic E-state index is -0.187. The molecule has 1 aliphatic carbocycles. The molecular weight excluding hydrogens is 338 g/mol. The number of para-hydroxylation sites is 1.